The molecule has 28 heavy (non-hydrogen) atoms. The van der Waals surface area contributed by atoms with Crippen LogP contribution in [0.2, 0.25) is 0 Å². The highest BCUT2D eigenvalue weighted by atomic mass is 16.5. The van der Waals surface area contributed by atoms with Gasteiger partial charge in [-0.2, -0.15) is 0 Å². The molecule has 2 N–H and O–H groups in total. The first-order valence-electron chi connectivity index (χ1n) is 9.96. The summed E-state index contributed by atoms with van der Waals surface area (Å²) < 4.78 is 6.97. The Morgan fingerprint density at radius 1 is 1.29 bits per heavy atom. The lowest BCUT2D eigenvalue weighted by Gasteiger charge is -2.23. The van der Waals surface area contributed by atoms with E-state index in [1.807, 2.05) is 12.1 Å². The highest BCUT2D eigenvalue weighted by molar-refractivity contribution is 5.79. The van der Waals surface area contributed by atoms with Crippen molar-refractivity contribution >= 4 is 10.9 Å². The molecule has 0 radical (unpaired) electrons. The van der Waals surface area contributed by atoms with E-state index in [9.17, 15) is 4.79 Å². The highest BCUT2D eigenvalue weighted by Crippen LogP contribution is 2.20. The maximum absolute atomic E-state index is 13.0. The number of nitrogens with zero attached hydrogens (tertiary/aromatic N) is 4. The minimum Gasteiger partial charge on any atom is -0.383 e. The number of ether oxygens (including phenoxy) is 1. The van der Waals surface area contributed by atoms with Crippen LogP contribution in [0.1, 0.15) is 42.8 Å². The molecule has 0 unspecified atom stereocenters. The van der Waals surface area contributed by atoms with Gasteiger partial charge in [0, 0.05) is 25.5 Å². The van der Waals surface area contributed by atoms with E-state index in [0.29, 0.717) is 13.2 Å². The summed E-state index contributed by atoms with van der Waals surface area (Å²) in [6.07, 6.45) is 3.26. The molecule has 1 aliphatic rings. The highest BCUT2D eigenvalue weighted by Gasteiger charge is 2.35. The Kier molecular flexibility index (Phi) is 5.50. The van der Waals surface area contributed by atoms with Crippen molar-refractivity contribution in [3.63, 3.8) is 0 Å². The molecule has 0 saturated carbocycles. The molecule has 4 rings (SSSR count). The van der Waals surface area contributed by atoms with Gasteiger partial charge in [-0.25, -0.2) is 4.68 Å². The van der Waals surface area contributed by atoms with E-state index in [4.69, 9.17) is 4.74 Å². The van der Waals surface area contributed by atoms with Gasteiger partial charge < -0.3 is 14.6 Å². The molecular weight excluding hydrogens is 356 g/mol. The van der Waals surface area contributed by atoms with Crippen molar-refractivity contribution in [2.75, 3.05) is 26.8 Å². The second kappa shape index (κ2) is 8.20. The minimum atomic E-state index is -0.187. The number of quaternary nitrogens is 1. The molecule has 0 bridgehead atoms. The van der Waals surface area contributed by atoms with Crippen LogP contribution in [0.3, 0.4) is 0 Å². The lowest BCUT2D eigenvalue weighted by molar-refractivity contribution is -0.914. The Morgan fingerprint density at radius 3 is 2.86 bits per heavy atom. The molecule has 0 aliphatic carbocycles. The van der Waals surface area contributed by atoms with Crippen molar-refractivity contribution in [1.82, 2.24) is 25.2 Å². The van der Waals surface area contributed by atoms with Crippen molar-refractivity contribution in [2.45, 2.75) is 38.8 Å². The smallest absolute Gasteiger partial charge is 0.258 e. The third kappa shape index (κ3) is 3.57. The molecule has 8 heteroatoms. The van der Waals surface area contributed by atoms with Gasteiger partial charge in [-0.1, -0.05) is 13.0 Å². The number of hydrogen-bond donors (Lipinski definition) is 2. The zero-order valence-electron chi connectivity index (χ0n) is 16.4. The predicted molar refractivity (Wildman–Crippen MR) is 105 cm³/mol. The average molecular weight is 383 g/mol. The molecule has 1 aromatic carbocycles. The Balaban J connectivity index is 1.84. The van der Waals surface area contributed by atoms with Crippen LogP contribution in [0.5, 0.6) is 0 Å². The normalized spacial score (nSPS) is 16.1. The van der Waals surface area contributed by atoms with Crippen LogP contribution >= 0.6 is 0 Å². The van der Waals surface area contributed by atoms with E-state index in [1.54, 1.807) is 11.8 Å². The number of methoxy groups -OCH3 is 1. The lowest BCUT2D eigenvalue weighted by Crippen LogP contribution is -3.10. The van der Waals surface area contributed by atoms with E-state index >= 15 is 0 Å². The summed E-state index contributed by atoms with van der Waals surface area (Å²) in [7, 11) is 1.66. The number of aromatic nitrogens is 5. The Hall–Kier alpha value is -2.58. The number of rotatable bonds is 7. The van der Waals surface area contributed by atoms with Gasteiger partial charge in [0.1, 0.15) is 0 Å². The van der Waals surface area contributed by atoms with E-state index < -0.39 is 0 Å². The van der Waals surface area contributed by atoms with Gasteiger partial charge in [-0.05, 0) is 46.0 Å². The molecule has 2 aromatic heterocycles. The third-order valence-electron chi connectivity index (χ3n) is 5.64. The van der Waals surface area contributed by atoms with Crippen LogP contribution in [0.4, 0.5) is 0 Å². The van der Waals surface area contributed by atoms with Crippen molar-refractivity contribution in [2.24, 2.45) is 0 Å². The number of aromatic amines is 1. The van der Waals surface area contributed by atoms with Crippen LogP contribution in [0.15, 0.2) is 29.1 Å². The number of tetrazole rings is 1. The minimum absolute atomic E-state index is 0.0672. The number of hydrogen-bond acceptors (Lipinski definition) is 5. The van der Waals surface area contributed by atoms with Gasteiger partial charge in [0.05, 0.1) is 31.8 Å². The average Bonchev–Trinajstić information content (AvgIpc) is 3.39. The standard InChI is InChI=1S/C20H26N6O2/c1-3-14-6-7-17-15(12-14)13-16(20(27)21-17)18(25-8-4-5-9-25)19-22-23-24-26(19)10-11-28-2/h6-7,12-13,18H,3-5,8-11H2,1-2H3,(H,21,27)/p+1/t18-/m0/s1. The van der Waals surface area contributed by atoms with E-state index in [0.717, 1.165) is 54.6 Å². The number of pyridine rings is 1. The summed E-state index contributed by atoms with van der Waals surface area (Å²) in [5.41, 5.74) is 2.77. The van der Waals surface area contributed by atoms with Crippen LogP contribution in [-0.2, 0) is 17.7 Å². The number of benzene rings is 1. The maximum Gasteiger partial charge on any atom is 0.258 e. The molecule has 1 fully saturated rings. The molecule has 1 saturated heterocycles. The Bertz CT molecular complexity index is 1010. The number of fused-ring (bicyclic) bond motifs is 1. The second-order valence-corrected chi connectivity index (χ2v) is 7.38. The van der Waals surface area contributed by atoms with E-state index in [1.165, 1.54) is 10.5 Å². The van der Waals surface area contributed by atoms with Gasteiger partial charge >= 0.3 is 0 Å². The SMILES string of the molecule is CCc1ccc2[nH]c(=O)c([C@@H](c3nnnn3CCOC)[NH+]3CCCC3)cc2c1. The fourth-order valence-corrected chi connectivity index (χ4v) is 4.12. The summed E-state index contributed by atoms with van der Waals surface area (Å²) in [6, 6.07) is 8.04. The van der Waals surface area contributed by atoms with Gasteiger partial charge in [-0.15, -0.1) is 5.10 Å². The summed E-state index contributed by atoms with van der Waals surface area (Å²) in [5.74, 6) is 0.727. The van der Waals surface area contributed by atoms with Crippen molar-refractivity contribution in [3.05, 3.63) is 51.6 Å². The number of likely N-dealkylation sites (tertiary alicyclic amines) is 1. The molecule has 8 nitrogen and oxygen atoms in total. The Labute approximate surface area is 163 Å². The topological polar surface area (TPSA) is 90.1 Å². The summed E-state index contributed by atoms with van der Waals surface area (Å²) in [6.45, 7) is 5.24. The predicted octanol–water partition coefficient (Wildman–Crippen LogP) is 0.492. The number of H-pyrrole nitrogens is 1. The zero-order chi connectivity index (χ0) is 19.5. The molecule has 3 aromatic rings. The summed E-state index contributed by atoms with van der Waals surface area (Å²) >= 11 is 0. The molecule has 3 heterocycles. The number of nitrogens with one attached hydrogen (secondary N) is 2. The zero-order valence-corrected chi connectivity index (χ0v) is 16.4. The van der Waals surface area contributed by atoms with Crippen LogP contribution in [0, 0.1) is 0 Å². The van der Waals surface area contributed by atoms with Gasteiger partial charge in [0.2, 0.25) is 5.82 Å². The summed E-state index contributed by atoms with van der Waals surface area (Å²) in [5, 5.41) is 13.4. The van der Waals surface area contributed by atoms with Crippen LogP contribution in [-0.4, -0.2) is 52.0 Å². The van der Waals surface area contributed by atoms with Crippen LogP contribution < -0.4 is 10.5 Å². The molecule has 0 amide bonds. The monoisotopic (exact) mass is 383 g/mol. The molecular formula is C20H27N6O2+. The van der Waals surface area contributed by atoms with E-state index in [-0.39, 0.29) is 11.6 Å². The molecule has 1 atom stereocenters. The molecule has 148 valence electrons. The van der Waals surface area contributed by atoms with Gasteiger partial charge in [-0.3, -0.25) is 4.79 Å². The third-order valence-corrected chi connectivity index (χ3v) is 5.64. The lowest BCUT2D eigenvalue weighted by atomic mass is 10.0. The first-order valence-corrected chi connectivity index (χ1v) is 9.96. The van der Waals surface area contributed by atoms with Crippen molar-refractivity contribution in [1.29, 1.82) is 0 Å². The molecule has 1 aliphatic heterocycles. The first-order chi connectivity index (χ1) is 13.7. The van der Waals surface area contributed by atoms with E-state index in [2.05, 4.69) is 39.6 Å². The fourth-order valence-electron chi connectivity index (χ4n) is 4.12. The van der Waals surface area contributed by atoms with Gasteiger partial charge in [0.15, 0.2) is 6.04 Å². The number of aryl methyl sites for hydroxylation is 1. The van der Waals surface area contributed by atoms with Gasteiger partial charge in [0.25, 0.3) is 5.56 Å². The first kappa shape index (κ1) is 18.8. The Morgan fingerprint density at radius 2 is 2.11 bits per heavy atom. The van der Waals surface area contributed by atoms with Crippen molar-refractivity contribution in [3.8, 4) is 0 Å². The fraction of sp³-hybridized carbons (Fsp3) is 0.500. The maximum atomic E-state index is 13.0. The summed E-state index contributed by atoms with van der Waals surface area (Å²) in [4.78, 5) is 17.4. The molecule has 0 spiro atoms. The van der Waals surface area contributed by atoms with Crippen molar-refractivity contribution < 1.29 is 9.64 Å². The second-order valence-electron chi connectivity index (χ2n) is 7.38. The largest absolute Gasteiger partial charge is 0.383 e. The van der Waals surface area contributed by atoms with Crippen LogP contribution in [0.25, 0.3) is 10.9 Å². The quantitative estimate of drug-likeness (QED) is 0.620.